The number of benzene rings is 1. The number of nitrogens with one attached hydrogen (secondary N) is 1. The summed E-state index contributed by atoms with van der Waals surface area (Å²) in [4.78, 5) is 0. The molecule has 3 unspecified atom stereocenters. The van der Waals surface area contributed by atoms with E-state index in [4.69, 9.17) is 0 Å². The van der Waals surface area contributed by atoms with Crippen LogP contribution in [0, 0.1) is 11.7 Å². The van der Waals surface area contributed by atoms with Gasteiger partial charge in [-0.15, -0.1) is 0 Å². The second-order valence-corrected chi connectivity index (χ2v) is 5.51. The van der Waals surface area contributed by atoms with Crippen LogP contribution in [0.15, 0.2) is 24.3 Å². The van der Waals surface area contributed by atoms with Crippen molar-refractivity contribution in [2.24, 2.45) is 5.92 Å². The third-order valence-electron chi connectivity index (χ3n) is 3.51. The summed E-state index contributed by atoms with van der Waals surface area (Å²) in [7, 11) is 0. The summed E-state index contributed by atoms with van der Waals surface area (Å²) in [5.41, 5.74) is 0.799. The summed E-state index contributed by atoms with van der Waals surface area (Å²) in [6.07, 6.45) is 3.14. The van der Waals surface area contributed by atoms with E-state index >= 15 is 0 Å². The number of halogens is 1. The maximum atomic E-state index is 13.5. The van der Waals surface area contributed by atoms with E-state index in [1.807, 2.05) is 12.1 Å². The van der Waals surface area contributed by atoms with E-state index in [2.05, 4.69) is 33.0 Å². The molecule has 0 aliphatic heterocycles. The molecule has 1 aromatic carbocycles. The maximum Gasteiger partial charge on any atom is 0.126 e. The second kappa shape index (κ2) is 7.52. The van der Waals surface area contributed by atoms with Gasteiger partial charge in [0.1, 0.15) is 5.82 Å². The molecule has 0 heterocycles. The molecule has 0 aliphatic rings. The first kappa shape index (κ1) is 15.2. The Hall–Kier alpha value is -0.890. The van der Waals surface area contributed by atoms with E-state index in [0.717, 1.165) is 17.9 Å². The van der Waals surface area contributed by atoms with Crippen LogP contribution in [0.1, 0.15) is 46.1 Å². The molecular formula is C16H26FN. The molecule has 0 saturated carbocycles. The molecule has 0 aliphatic carbocycles. The SMILES string of the molecule is CCC(C)CC(C)NC(C)Cc1ccccc1F. The van der Waals surface area contributed by atoms with Gasteiger partial charge in [-0.3, -0.25) is 0 Å². The Labute approximate surface area is 111 Å². The van der Waals surface area contributed by atoms with Crippen LogP contribution in [0.2, 0.25) is 0 Å². The zero-order valence-corrected chi connectivity index (χ0v) is 12.0. The van der Waals surface area contributed by atoms with Crippen molar-refractivity contribution in [1.82, 2.24) is 5.32 Å². The third-order valence-corrected chi connectivity index (χ3v) is 3.51. The Bertz CT molecular complexity index is 351. The van der Waals surface area contributed by atoms with Gasteiger partial charge in [0.15, 0.2) is 0 Å². The second-order valence-electron chi connectivity index (χ2n) is 5.51. The fraction of sp³-hybridized carbons (Fsp3) is 0.625. The number of hydrogen-bond donors (Lipinski definition) is 1. The predicted octanol–water partition coefficient (Wildman–Crippen LogP) is 4.17. The fourth-order valence-electron chi connectivity index (χ4n) is 2.38. The highest BCUT2D eigenvalue weighted by atomic mass is 19.1. The molecule has 2 heteroatoms. The van der Waals surface area contributed by atoms with Crippen LogP contribution < -0.4 is 5.32 Å². The zero-order valence-electron chi connectivity index (χ0n) is 12.0. The van der Waals surface area contributed by atoms with E-state index in [0.29, 0.717) is 12.1 Å². The van der Waals surface area contributed by atoms with Crippen molar-refractivity contribution in [3.05, 3.63) is 35.6 Å². The topological polar surface area (TPSA) is 12.0 Å². The van der Waals surface area contributed by atoms with Gasteiger partial charge in [0, 0.05) is 12.1 Å². The van der Waals surface area contributed by atoms with E-state index in [9.17, 15) is 4.39 Å². The van der Waals surface area contributed by atoms with Crippen LogP contribution >= 0.6 is 0 Å². The Kier molecular flexibility index (Phi) is 6.34. The van der Waals surface area contributed by atoms with Crippen molar-refractivity contribution in [2.45, 2.75) is 59.0 Å². The normalized spacial score (nSPS) is 16.3. The molecule has 1 nitrogen and oxygen atoms in total. The first-order valence-corrected chi connectivity index (χ1v) is 7.02. The van der Waals surface area contributed by atoms with E-state index < -0.39 is 0 Å². The van der Waals surface area contributed by atoms with E-state index in [1.54, 1.807) is 6.07 Å². The molecule has 0 aromatic heterocycles. The Morgan fingerprint density at radius 1 is 1.11 bits per heavy atom. The van der Waals surface area contributed by atoms with Gasteiger partial charge in [-0.25, -0.2) is 4.39 Å². The molecule has 0 radical (unpaired) electrons. The molecule has 1 rings (SSSR count). The van der Waals surface area contributed by atoms with Gasteiger partial charge in [0.2, 0.25) is 0 Å². The largest absolute Gasteiger partial charge is 0.311 e. The van der Waals surface area contributed by atoms with Gasteiger partial charge in [-0.1, -0.05) is 38.5 Å². The van der Waals surface area contributed by atoms with Crippen molar-refractivity contribution in [2.75, 3.05) is 0 Å². The average molecular weight is 251 g/mol. The standard InChI is InChI=1S/C16H26FN/c1-5-12(2)10-13(3)18-14(4)11-15-8-6-7-9-16(15)17/h6-9,12-14,18H,5,10-11H2,1-4H3. The summed E-state index contributed by atoms with van der Waals surface area (Å²) in [6, 6.07) is 7.83. The number of hydrogen-bond acceptors (Lipinski definition) is 1. The predicted molar refractivity (Wildman–Crippen MR) is 76.2 cm³/mol. The van der Waals surface area contributed by atoms with Gasteiger partial charge in [0.05, 0.1) is 0 Å². The van der Waals surface area contributed by atoms with Crippen molar-refractivity contribution in [3.8, 4) is 0 Å². The average Bonchev–Trinajstić information content (AvgIpc) is 2.31. The lowest BCUT2D eigenvalue weighted by molar-refractivity contribution is 0.379. The monoisotopic (exact) mass is 251 g/mol. The highest BCUT2D eigenvalue weighted by Crippen LogP contribution is 2.12. The van der Waals surface area contributed by atoms with Crippen molar-refractivity contribution in [3.63, 3.8) is 0 Å². The molecule has 18 heavy (non-hydrogen) atoms. The molecule has 1 aromatic rings. The van der Waals surface area contributed by atoms with Crippen LogP contribution in [0.4, 0.5) is 4.39 Å². The minimum absolute atomic E-state index is 0.0965. The Balaban J connectivity index is 2.42. The minimum atomic E-state index is -0.0965. The highest BCUT2D eigenvalue weighted by Gasteiger charge is 2.12. The van der Waals surface area contributed by atoms with Crippen molar-refractivity contribution < 1.29 is 4.39 Å². The maximum absolute atomic E-state index is 13.5. The number of rotatable bonds is 7. The molecular weight excluding hydrogens is 225 g/mol. The van der Waals surface area contributed by atoms with Gasteiger partial charge < -0.3 is 5.32 Å². The smallest absolute Gasteiger partial charge is 0.126 e. The first-order chi connectivity index (χ1) is 8.52. The van der Waals surface area contributed by atoms with Crippen LogP contribution in [0.25, 0.3) is 0 Å². The van der Waals surface area contributed by atoms with Crippen LogP contribution in [0.5, 0.6) is 0 Å². The summed E-state index contributed by atoms with van der Waals surface area (Å²) in [5, 5.41) is 3.55. The lowest BCUT2D eigenvalue weighted by atomic mass is 9.99. The van der Waals surface area contributed by atoms with Gasteiger partial charge in [0.25, 0.3) is 0 Å². The van der Waals surface area contributed by atoms with Gasteiger partial charge in [-0.05, 0) is 44.2 Å². The van der Waals surface area contributed by atoms with E-state index in [-0.39, 0.29) is 5.82 Å². The van der Waals surface area contributed by atoms with Gasteiger partial charge >= 0.3 is 0 Å². The summed E-state index contributed by atoms with van der Waals surface area (Å²) < 4.78 is 13.5. The van der Waals surface area contributed by atoms with Crippen LogP contribution in [-0.4, -0.2) is 12.1 Å². The quantitative estimate of drug-likeness (QED) is 0.767. The van der Waals surface area contributed by atoms with Crippen LogP contribution in [0.3, 0.4) is 0 Å². The fourth-order valence-corrected chi connectivity index (χ4v) is 2.38. The lowest BCUT2D eigenvalue weighted by Crippen LogP contribution is -2.37. The molecule has 0 bridgehead atoms. The molecule has 102 valence electrons. The van der Waals surface area contributed by atoms with Crippen molar-refractivity contribution >= 4 is 0 Å². The Morgan fingerprint density at radius 2 is 1.78 bits per heavy atom. The molecule has 0 amide bonds. The lowest BCUT2D eigenvalue weighted by Gasteiger charge is -2.22. The third kappa shape index (κ3) is 5.18. The summed E-state index contributed by atoms with van der Waals surface area (Å²) in [5.74, 6) is 0.647. The minimum Gasteiger partial charge on any atom is -0.311 e. The first-order valence-electron chi connectivity index (χ1n) is 7.02. The van der Waals surface area contributed by atoms with E-state index in [1.165, 1.54) is 18.9 Å². The van der Waals surface area contributed by atoms with Crippen LogP contribution in [-0.2, 0) is 6.42 Å². The zero-order chi connectivity index (χ0) is 13.5. The van der Waals surface area contributed by atoms with Gasteiger partial charge in [-0.2, -0.15) is 0 Å². The molecule has 3 atom stereocenters. The van der Waals surface area contributed by atoms with Crippen molar-refractivity contribution in [1.29, 1.82) is 0 Å². The summed E-state index contributed by atoms with van der Waals surface area (Å²) in [6.45, 7) is 8.84. The molecule has 0 saturated heterocycles. The molecule has 0 spiro atoms. The summed E-state index contributed by atoms with van der Waals surface area (Å²) >= 11 is 0. The Morgan fingerprint density at radius 3 is 2.39 bits per heavy atom. The molecule has 0 fully saturated rings. The molecule has 1 N–H and O–H groups in total. The highest BCUT2D eigenvalue weighted by molar-refractivity contribution is 5.18.